The van der Waals surface area contributed by atoms with Crippen molar-refractivity contribution in [2.75, 3.05) is 23.8 Å². The van der Waals surface area contributed by atoms with Crippen molar-refractivity contribution in [3.63, 3.8) is 0 Å². The van der Waals surface area contributed by atoms with E-state index < -0.39 is 5.82 Å². The van der Waals surface area contributed by atoms with Gasteiger partial charge in [0, 0.05) is 19.3 Å². The summed E-state index contributed by atoms with van der Waals surface area (Å²) in [6.07, 6.45) is 1.11. The lowest BCUT2D eigenvalue weighted by atomic mass is 10.3. The summed E-state index contributed by atoms with van der Waals surface area (Å²) in [4.78, 5) is 9.47. The minimum absolute atomic E-state index is 0.137. The first-order valence-corrected chi connectivity index (χ1v) is 5.87. The molecule has 0 unspecified atom stereocenters. The minimum Gasteiger partial charge on any atom is -0.354 e. The van der Waals surface area contributed by atoms with Crippen molar-refractivity contribution in [1.82, 2.24) is 9.97 Å². The highest BCUT2D eigenvalue weighted by atomic mass is 19.1. The lowest BCUT2D eigenvalue weighted by molar-refractivity contribution is 0.613. The first-order chi connectivity index (χ1) is 9.11. The smallest absolute Gasteiger partial charge is 0.224 e. The third-order valence-corrected chi connectivity index (χ3v) is 2.59. The van der Waals surface area contributed by atoms with Crippen LogP contribution in [0.2, 0.25) is 0 Å². The van der Waals surface area contributed by atoms with Gasteiger partial charge in [-0.1, -0.05) is 0 Å². The van der Waals surface area contributed by atoms with Crippen LogP contribution in [0, 0.1) is 11.6 Å². The van der Waals surface area contributed by atoms with Crippen molar-refractivity contribution < 1.29 is 8.78 Å². The van der Waals surface area contributed by atoms with Crippen LogP contribution in [0.1, 0.15) is 6.92 Å². The van der Waals surface area contributed by atoms with Crippen molar-refractivity contribution in [2.45, 2.75) is 6.92 Å². The molecule has 0 aliphatic rings. The van der Waals surface area contributed by atoms with Crippen molar-refractivity contribution >= 4 is 17.5 Å². The normalized spacial score (nSPS) is 10.3. The molecule has 19 heavy (non-hydrogen) atoms. The molecule has 2 aromatic rings. The summed E-state index contributed by atoms with van der Waals surface area (Å²) in [5.41, 5.74) is 0.640. The molecule has 1 aromatic heterocycles. The summed E-state index contributed by atoms with van der Waals surface area (Å²) >= 11 is 0. The quantitative estimate of drug-likeness (QED) is 0.921. The number of anilines is 3. The number of rotatable bonds is 4. The summed E-state index contributed by atoms with van der Waals surface area (Å²) in [5, 5.41) is 2.92. The van der Waals surface area contributed by atoms with Gasteiger partial charge in [0.25, 0.3) is 0 Å². The Hall–Kier alpha value is -2.24. The fourth-order valence-electron chi connectivity index (χ4n) is 1.62. The number of nitrogens with zero attached hydrogens (tertiary/aromatic N) is 3. The molecule has 0 atom stereocenters. The molecule has 0 saturated heterocycles. The van der Waals surface area contributed by atoms with E-state index in [0.717, 1.165) is 6.20 Å². The van der Waals surface area contributed by atoms with E-state index >= 15 is 0 Å². The first-order valence-electron chi connectivity index (χ1n) is 5.87. The van der Waals surface area contributed by atoms with E-state index in [2.05, 4.69) is 15.3 Å². The van der Waals surface area contributed by atoms with E-state index in [0.29, 0.717) is 18.2 Å². The maximum Gasteiger partial charge on any atom is 0.224 e. The SMILES string of the molecule is CCNc1ncc(F)c(N(C)c2ccc(F)cc2)n1. The molecular weight excluding hydrogens is 250 g/mol. The van der Waals surface area contributed by atoms with Crippen LogP contribution in [0.4, 0.5) is 26.2 Å². The average Bonchev–Trinajstić information content (AvgIpc) is 2.41. The predicted molar refractivity (Wildman–Crippen MR) is 70.6 cm³/mol. The number of hydrogen-bond acceptors (Lipinski definition) is 4. The lowest BCUT2D eigenvalue weighted by Gasteiger charge is -2.19. The van der Waals surface area contributed by atoms with Gasteiger partial charge in [0.1, 0.15) is 5.82 Å². The Morgan fingerprint density at radius 2 is 1.89 bits per heavy atom. The standard InChI is InChI=1S/C13H14F2N4/c1-3-16-13-17-8-11(15)12(18-13)19(2)10-6-4-9(14)5-7-10/h4-8H,3H2,1-2H3,(H,16,17,18). The lowest BCUT2D eigenvalue weighted by Crippen LogP contribution is -2.15. The maximum absolute atomic E-state index is 13.8. The number of hydrogen-bond donors (Lipinski definition) is 1. The molecule has 100 valence electrons. The molecule has 1 heterocycles. The Balaban J connectivity index is 2.34. The highest BCUT2D eigenvalue weighted by Crippen LogP contribution is 2.24. The van der Waals surface area contributed by atoms with E-state index in [1.807, 2.05) is 6.92 Å². The molecule has 0 saturated carbocycles. The molecule has 1 N–H and O–H groups in total. The first kappa shape index (κ1) is 13.2. The maximum atomic E-state index is 13.8. The molecule has 0 aliphatic carbocycles. The second-order valence-corrected chi connectivity index (χ2v) is 3.93. The zero-order valence-corrected chi connectivity index (χ0v) is 10.7. The molecule has 0 aliphatic heterocycles. The van der Waals surface area contributed by atoms with Gasteiger partial charge in [-0.25, -0.2) is 13.8 Å². The Labute approximate surface area is 110 Å². The van der Waals surface area contributed by atoms with Gasteiger partial charge in [-0.15, -0.1) is 0 Å². The van der Waals surface area contributed by atoms with Crippen molar-refractivity contribution in [3.05, 3.63) is 42.1 Å². The topological polar surface area (TPSA) is 41.1 Å². The number of nitrogens with one attached hydrogen (secondary N) is 1. The van der Waals surface area contributed by atoms with Gasteiger partial charge < -0.3 is 10.2 Å². The molecule has 0 bridgehead atoms. The van der Waals surface area contributed by atoms with Crippen molar-refractivity contribution in [3.8, 4) is 0 Å². The molecule has 2 rings (SSSR count). The summed E-state index contributed by atoms with van der Waals surface area (Å²) in [7, 11) is 1.66. The molecule has 0 amide bonds. The van der Waals surface area contributed by atoms with Gasteiger partial charge in [0.05, 0.1) is 6.20 Å². The number of halogens is 2. The highest BCUT2D eigenvalue weighted by molar-refractivity contribution is 5.60. The van der Waals surface area contributed by atoms with E-state index in [-0.39, 0.29) is 11.6 Å². The number of benzene rings is 1. The van der Waals surface area contributed by atoms with Crippen LogP contribution in [0.5, 0.6) is 0 Å². The Bertz CT molecular complexity index is 557. The van der Waals surface area contributed by atoms with Crippen LogP contribution in [-0.2, 0) is 0 Å². The van der Waals surface area contributed by atoms with Crippen LogP contribution in [-0.4, -0.2) is 23.6 Å². The van der Waals surface area contributed by atoms with Gasteiger partial charge in [-0.05, 0) is 31.2 Å². The zero-order chi connectivity index (χ0) is 13.8. The molecule has 4 nitrogen and oxygen atoms in total. The second-order valence-electron chi connectivity index (χ2n) is 3.93. The summed E-state index contributed by atoms with van der Waals surface area (Å²) in [6, 6.07) is 5.75. The summed E-state index contributed by atoms with van der Waals surface area (Å²) < 4.78 is 26.6. The van der Waals surface area contributed by atoms with Crippen LogP contribution < -0.4 is 10.2 Å². The molecule has 0 fully saturated rings. The van der Waals surface area contributed by atoms with Crippen LogP contribution >= 0.6 is 0 Å². The van der Waals surface area contributed by atoms with E-state index in [9.17, 15) is 8.78 Å². The largest absolute Gasteiger partial charge is 0.354 e. The third-order valence-electron chi connectivity index (χ3n) is 2.59. The summed E-state index contributed by atoms with van der Waals surface area (Å²) in [6.45, 7) is 2.54. The van der Waals surface area contributed by atoms with E-state index in [1.165, 1.54) is 17.0 Å². The van der Waals surface area contributed by atoms with E-state index in [1.54, 1.807) is 19.2 Å². The van der Waals surface area contributed by atoms with E-state index in [4.69, 9.17) is 0 Å². The minimum atomic E-state index is -0.534. The van der Waals surface area contributed by atoms with Gasteiger partial charge in [0.15, 0.2) is 11.6 Å². The van der Waals surface area contributed by atoms with Gasteiger partial charge in [-0.3, -0.25) is 0 Å². The zero-order valence-electron chi connectivity index (χ0n) is 10.7. The van der Waals surface area contributed by atoms with Crippen molar-refractivity contribution in [1.29, 1.82) is 0 Å². The van der Waals surface area contributed by atoms with Gasteiger partial charge in [-0.2, -0.15) is 4.98 Å². The molecular formula is C13H14F2N4. The number of aromatic nitrogens is 2. The Morgan fingerprint density at radius 3 is 2.53 bits per heavy atom. The van der Waals surface area contributed by atoms with Crippen molar-refractivity contribution in [2.24, 2.45) is 0 Å². The van der Waals surface area contributed by atoms with Crippen LogP contribution in [0.15, 0.2) is 30.5 Å². The molecule has 0 spiro atoms. The molecule has 1 aromatic carbocycles. The van der Waals surface area contributed by atoms with Gasteiger partial charge >= 0.3 is 0 Å². The monoisotopic (exact) mass is 264 g/mol. The highest BCUT2D eigenvalue weighted by Gasteiger charge is 2.13. The molecule has 0 radical (unpaired) electrons. The molecule has 6 heteroatoms. The van der Waals surface area contributed by atoms with Crippen LogP contribution in [0.3, 0.4) is 0 Å². The average molecular weight is 264 g/mol. The Morgan fingerprint density at radius 1 is 1.21 bits per heavy atom. The fraction of sp³-hybridized carbons (Fsp3) is 0.231. The van der Waals surface area contributed by atoms with Crippen LogP contribution in [0.25, 0.3) is 0 Å². The fourth-order valence-corrected chi connectivity index (χ4v) is 1.62. The second kappa shape index (κ2) is 5.60. The Kier molecular flexibility index (Phi) is 3.89. The van der Waals surface area contributed by atoms with Gasteiger partial charge in [0.2, 0.25) is 5.95 Å². The summed E-state index contributed by atoms with van der Waals surface area (Å²) in [5.74, 6) is -0.382. The third kappa shape index (κ3) is 2.96. The predicted octanol–water partition coefficient (Wildman–Crippen LogP) is 2.95.